The van der Waals surface area contributed by atoms with Crippen molar-refractivity contribution in [2.45, 2.75) is 56.6 Å². The number of hydrogen-bond acceptors (Lipinski definition) is 5. The first-order chi connectivity index (χ1) is 14.8. The Kier molecular flexibility index (Phi) is 5.68. The molecule has 4 saturated carbocycles. The average molecular weight is 459 g/mol. The lowest BCUT2D eigenvalue weighted by Gasteiger charge is -2.56. The molecule has 1 aromatic heterocycles. The quantitative estimate of drug-likeness (QED) is 0.518. The molecule has 0 N–H and O–H groups in total. The van der Waals surface area contributed by atoms with Crippen LogP contribution in [0.5, 0.6) is 0 Å². The van der Waals surface area contributed by atoms with Crippen LogP contribution >= 0.6 is 23.4 Å². The van der Waals surface area contributed by atoms with E-state index in [4.69, 9.17) is 11.6 Å². The molecule has 0 amide bonds. The van der Waals surface area contributed by atoms with Crippen LogP contribution in [0.15, 0.2) is 29.4 Å². The van der Waals surface area contributed by atoms with E-state index >= 15 is 0 Å². The topological polar surface area (TPSA) is 51.0 Å². The van der Waals surface area contributed by atoms with Gasteiger partial charge in [-0.25, -0.2) is 0 Å². The molecule has 1 heterocycles. The SMILES string of the molecule is C[C@@H](c1nnc(SCC(=O)C23CC4CC(CC(C4)C2)C3)n1-c1ccc(Cl)cc1)N(C)C. The lowest BCUT2D eigenvalue weighted by molar-refractivity contribution is -0.141. The third-order valence-electron chi connectivity index (χ3n) is 7.85. The summed E-state index contributed by atoms with van der Waals surface area (Å²) in [6.45, 7) is 2.12. The highest BCUT2D eigenvalue weighted by Crippen LogP contribution is 2.60. The van der Waals surface area contributed by atoms with Crippen LogP contribution in [0.2, 0.25) is 5.02 Å². The number of thioether (sulfide) groups is 1. The maximum Gasteiger partial charge on any atom is 0.196 e. The van der Waals surface area contributed by atoms with Gasteiger partial charge in [0.25, 0.3) is 0 Å². The molecule has 2 aromatic rings. The molecule has 0 saturated heterocycles. The molecule has 4 aliphatic rings. The van der Waals surface area contributed by atoms with E-state index in [1.54, 1.807) is 11.8 Å². The zero-order valence-corrected chi connectivity index (χ0v) is 20.1. The minimum Gasteiger partial charge on any atom is -0.300 e. The van der Waals surface area contributed by atoms with E-state index < -0.39 is 0 Å². The highest BCUT2D eigenvalue weighted by molar-refractivity contribution is 7.99. The first kappa shape index (κ1) is 21.5. The second-order valence-corrected chi connectivity index (χ2v) is 11.6. The van der Waals surface area contributed by atoms with Crippen LogP contribution in [0.3, 0.4) is 0 Å². The Balaban J connectivity index is 1.39. The predicted molar refractivity (Wildman–Crippen MR) is 125 cm³/mol. The zero-order chi connectivity index (χ0) is 21.8. The molecule has 4 fully saturated rings. The van der Waals surface area contributed by atoms with E-state index in [2.05, 4.69) is 26.6 Å². The van der Waals surface area contributed by atoms with Gasteiger partial charge in [-0.05, 0) is 102 Å². The number of halogens is 1. The standard InChI is InChI=1S/C24H31ClN4OS/c1-15(28(2)3)22-26-27-23(29(22)20-6-4-19(25)5-7-20)31-14-21(30)24-11-16-8-17(12-24)10-18(9-16)13-24/h4-7,15-18H,8-14H2,1-3H3/t15-,16?,17?,18?,24?/m0/s1. The van der Waals surface area contributed by atoms with Gasteiger partial charge >= 0.3 is 0 Å². The first-order valence-corrected chi connectivity index (χ1v) is 12.7. The van der Waals surface area contributed by atoms with Gasteiger partial charge in [-0.15, -0.1) is 10.2 Å². The number of aromatic nitrogens is 3. The molecule has 4 bridgehead atoms. The number of Topliss-reactive ketones (excluding diaryl/α,β-unsaturated/α-hetero) is 1. The van der Waals surface area contributed by atoms with Crippen molar-refractivity contribution in [2.75, 3.05) is 19.8 Å². The molecule has 7 heteroatoms. The van der Waals surface area contributed by atoms with Crippen LogP contribution in [-0.2, 0) is 4.79 Å². The van der Waals surface area contributed by atoms with E-state index in [0.29, 0.717) is 16.6 Å². The molecule has 4 aliphatic carbocycles. The average Bonchev–Trinajstić information content (AvgIpc) is 3.14. The summed E-state index contributed by atoms with van der Waals surface area (Å²) in [5, 5.41) is 10.5. The van der Waals surface area contributed by atoms with E-state index in [9.17, 15) is 4.79 Å². The van der Waals surface area contributed by atoms with Crippen LogP contribution in [0.1, 0.15) is 57.3 Å². The van der Waals surface area contributed by atoms with Crippen molar-refractivity contribution >= 4 is 29.1 Å². The van der Waals surface area contributed by atoms with Gasteiger partial charge in [-0.2, -0.15) is 0 Å². The summed E-state index contributed by atoms with van der Waals surface area (Å²) in [6, 6.07) is 7.84. The number of nitrogens with zero attached hydrogens (tertiary/aromatic N) is 4. The Morgan fingerprint density at radius 3 is 2.26 bits per heavy atom. The van der Waals surface area contributed by atoms with Crippen LogP contribution < -0.4 is 0 Å². The molecule has 0 radical (unpaired) electrons. The lowest BCUT2D eigenvalue weighted by atomic mass is 9.48. The van der Waals surface area contributed by atoms with Gasteiger partial charge in [0.05, 0.1) is 11.8 Å². The summed E-state index contributed by atoms with van der Waals surface area (Å²) in [7, 11) is 4.07. The molecular formula is C24H31ClN4OS. The smallest absolute Gasteiger partial charge is 0.196 e. The number of carbonyl (C=O) groups excluding carboxylic acids is 1. The van der Waals surface area contributed by atoms with E-state index in [1.807, 2.05) is 38.4 Å². The van der Waals surface area contributed by atoms with Gasteiger partial charge in [-0.1, -0.05) is 23.4 Å². The molecule has 166 valence electrons. The Bertz CT molecular complexity index is 935. The Hall–Kier alpha value is -1.37. The summed E-state index contributed by atoms with van der Waals surface area (Å²) in [5.74, 6) is 4.14. The minimum absolute atomic E-state index is 0.0629. The van der Waals surface area contributed by atoms with Crippen LogP contribution in [0.4, 0.5) is 0 Å². The molecule has 0 aliphatic heterocycles. The maximum atomic E-state index is 13.5. The second kappa shape index (κ2) is 8.20. The first-order valence-electron chi connectivity index (χ1n) is 11.4. The van der Waals surface area contributed by atoms with Crippen molar-refractivity contribution in [2.24, 2.45) is 23.2 Å². The molecule has 1 aromatic carbocycles. The molecule has 6 rings (SSSR count). The monoisotopic (exact) mass is 458 g/mol. The van der Waals surface area contributed by atoms with Crippen molar-refractivity contribution in [1.29, 1.82) is 0 Å². The third kappa shape index (κ3) is 3.96. The fourth-order valence-corrected chi connectivity index (χ4v) is 7.56. The van der Waals surface area contributed by atoms with Crippen molar-refractivity contribution in [3.8, 4) is 5.69 Å². The summed E-state index contributed by atoms with van der Waals surface area (Å²) in [6.07, 6.45) is 7.42. The molecular weight excluding hydrogens is 428 g/mol. The molecule has 1 atom stereocenters. The van der Waals surface area contributed by atoms with Crippen molar-refractivity contribution in [3.63, 3.8) is 0 Å². The van der Waals surface area contributed by atoms with Gasteiger partial charge in [0.2, 0.25) is 0 Å². The fraction of sp³-hybridized carbons (Fsp3) is 0.625. The lowest BCUT2D eigenvalue weighted by Crippen LogP contribution is -2.50. The molecule has 0 spiro atoms. The van der Waals surface area contributed by atoms with Crippen molar-refractivity contribution in [1.82, 2.24) is 19.7 Å². The van der Waals surface area contributed by atoms with E-state index in [1.165, 1.54) is 19.3 Å². The summed E-state index contributed by atoms with van der Waals surface area (Å²) >= 11 is 7.66. The normalized spacial score (nSPS) is 30.2. The maximum absolute atomic E-state index is 13.5. The number of carbonyl (C=O) groups is 1. The Morgan fingerprint density at radius 2 is 1.71 bits per heavy atom. The fourth-order valence-electron chi connectivity index (χ4n) is 6.44. The van der Waals surface area contributed by atoms with E-state index in [0.717, 1.165) is 53.7 Å². The van der Waals surface area contributed by atoms with Gasteiger partial charge < -0.3 is 0 Å². The highest BCUT2D eigenvalue weighted by atomic mass is 35.5. The third-order valence-corrected chi connectivity index (χ3v) is 9.03. The van der Waals surface area contributed by atoms with Gasteiger partial charge in [0.1, 0.15) is 5.78 Å². The van der Waals surface area contributed by atoms with Crippen LogP contribution in [0.25, 0.3) is 5.69 Å². The number of benzene rings is 1. The van der Waals surface area contributed by atoms with Crippen LogP contribution in [0, 0.1) is 23.2 Å². The van der Waals surface area contributed by atoms with Crippen LogP contribution in [-0.4, -0.2) is 45.3 Å². The summed E-state index contributed by atoms with van der Waals surface area (Å²) in [5.41, 5.74) is 0.912. The number of ketones is 1. The minimum atomic E-state index is -0.0629. The Morgan fingerprint density at radius 1 is 1.13 bits per heavy atom. The molecule has 5 nitrogen and oxygen atoms in total. The Labute approximate surface area is 193 Å². The summed E-state index contributed by atoms with van der Waals surface area (Å²) in [4.78, 5) is 15.6. The predicted octanol–water partition coefficient (Wildman–Crippen LogP) is 5.42. The highest BCUT2D eigenvalue weighted by Gasteiger charge is 2.54. The van der Waals surface area contributed by atoms with E-state index in [-0.39, 0.29) is 11.5 Å². The number of hydrogen-bond donors (Lipinski definition) is 0. The van der Waals surface area contributed by atoms with Crippen molar-refractivity contribution in [3.05, 3.63) is 35.1 Å². The second-order valence-electron chi connectivity index (χ2n) is 10.2. The van der Waals surface area contributed by atoms with Gasteiger partial charge in [0, 0.05) is 16.1 Å². The van der Waals surface area contributed by atoms with Gasteiger partial charge in [0.15, 0.2) is 11.0 Å². The summed E-state index contributed by atoms with van der Waals surface area (Å²) < 4.78 is 2.08. The number of rotatable bonds is 7. The molecule has 0 unspecified atom stereocenters. The van der Waals surface area contributed by atoms with Gasteiger partial charge in [-0.3, -0.25) is 14.3 Å². The van der Waals surface area contributed by atoms with Crippen molar-refractivity contribution < 1.29 is 4.79 Å². The zero-order valence-electron chi connectivity index (χ0n) is 18.6. The molecule has 31 heavy (non-hydrogen) atoms. The largest absolute Gasteiger partial charge is 0.300 e.